The lowest BCUT2D eigenvalue weighted by molar-refractivity contribution is 1.11. The van der Waals surface area contributed by atoms with Gasteiger partial charge in [0.1, 0.15) is 0 Å². The maximum absolute atomic E-state index is 4.31. The van der Waals surface area contributed by atoms with Crippen LogP contribution in [0.25, 0.3) is 17.0 Å². The van der Waals surface area contributed by atoms with Crippen LogP contribution in [0.3, 0.4) is 0 Å². The van der Waals surface area contributed by atoms with Gasteiger partial charge >= 0.3 is 0 Å². The molecular weight excluding hydrogens is 203 g/mol. The molecule has 0 aliphatic heterocycles. The van der Waals surface area contributed by atoms with Crippen molar-refractivity contribution < 1.29 is 0 Å². The average molecular weight is 220 g/mol. The van der Waals surface area contributed by atoms with E-state index in [1.54, 1.807) is 0 Å². The molecule has 1 heterocycles. The number of fused-ring (bicyclic) bond motifs is 1. The lowest BCUT2D eigenvalue weighted by atomic mass is 9.04. The van der Waals surface area contributed by atoms with Gasteiger partial charge in [0.15, 0.2) is 0 Å². The summed E-state index contributed by atoms with van der Waals surface area (Å²) in [4.78, 5) is 0. The predicted octanol–water partition coefficient (Wildman–Crippen LogP) is -0.216. The fourth-order valence-corrected chi connectivity index (χ4v) is 2.04. The van der Waals surface area contributed by atoms with Crippen molar-refractivity contribution in [2.24, 2.45) is 0 Å². The summed E-state index contributed by atoms with van der Waals surface area (Å²) in [6.45, 7) is 2.76. The second-order valence-corrected chi connectivity index (χ2v) is 4.71. The summed E-state index contributed by atoms with van der Waals surface area (Å²) in [5, 5.41) is 8.61. The van der Waals surface area contributed by atoms with Crippen LogP contribution in [-0.4, -0.2) is 39.2 Å². The molecule has 1 N–H and O–H groups in total. The Morgan fingerprint density at radius 3 is 3.06 bits per heavy atom. The van der Waals surface area contributed by atoms with Crippen LogP contribution < -0.4 is 0 Å². The Kier molecular flexibility index (Phi) is 3.82. The zero-order valence-electron chi connectivity index (χ0n) is 10.8. The molecule has 0 aliphatic rings. The second-order valence-electron chi connectivity index (χ2n) is 4.71. The number of allylic oxidation sites excluding steroid dienone is 1. The van der Waals surface area contributed by atoms with E-state index in [2.05, 4.69) is 43.9 Å². The highest BCUT2D eigenvalue weighted by Crippen LogP contribution is 2.19. The molecule has 17 heavy (non-hydrogen) atoms. The minimum atomic E-state index is 0.740. The van der Waals surface area contributed by atoms with Gasteiger partial charge in [-0.15, -0.1) is 0 Å². The Labute approximate surface area is 105 Å². The largest absolute Gasteiger partial charge is 0.277 e. The van der Waals surface area contributed by atoms with Crippen molar-refractivity contribution >= 4 is 46.0 Å². The molecule has 0 aliphatic carbocycles. The lowest BCUT2D eigenvalue weighted by Gasteiger charge is -2.05. The first-order valence-corrected chi connectivity index (χ1v) is 6.34. The molecule has 2 aromatic rings. The van der Waals surface area contributed by atoms with Crippen LogP contribution in [0.5, 0.6) is 0 Å². The van der Waals surface area contributed by atoms with E-state index in [4.69, 9.17) is 0 Å². The number of nitrogens with zero attached hydrogens (tertiary/aromatic N) is 1. The van der Waals surface area contributed by atoms with Crippen LogP contribution in [-0.2, 0) is 6.32 Å². The fraction of sp³-hybridized carbons (Fsp3) is 0.182. The second kappa shape index (κ2) is 5.35. The summed E-state index contributed by atoms with van der Waals surface area (Å²) in [5.74, 6) is 0. The molecule has 0 amide bonds. The van der Waals surface area contributed by atoms with Crippen molar-refractivity contribution in [2.75, 3.05) is 0 Å². The Bertz CT molecular complexity index is 535. The number of hydrogen-bond donors (Lipinski definition) is 1. The summed E-state index contributed by atoms with van der Waals surface area (Å²) in [6, 6.07) is 6.60. The number of hydrogen-bond acceptors (Lipinski definition) is 1. The fourth-order valence-electron chi connectivity index (χ4n) is 2.04. The third-order valence-corrected chi connectivity index (χ3v) is 3.26. The SMILES string of the molecule is BBB(B)Cc1ccc2[nH]nc(/C=C/C)c2c1. The molecule has 0 saturated heterocycles. The van der Waals surface area contributed by atoms with Gasteiger partial charge in [-0.2, -0.15) is 5.10 Å². The maximum atomic E-state index is 4.31. The molecule has 0 fully saturated rings. The normalized spacial score (nSPS) is 11.1. The number of benzene rings is 1. The van der Waals surface area contributed by atoms with Crippen LogP contribution in [0, 0.1) is 0 Å². The van der Waals surface area contributed by atoms with Gasteiger partial charge in [-0.1, -0.05) is 24.0 Å². The predicted molar refractivity (Wildman–Crippen MR) is 84.5 cm³/mol. The highest BCUT2D eigenvalue weighted by molar-refractivity contribution is 7.46. The molecule has 0 saturated carbocycles. The topological polar surface area (TPSA) is 28.7 Å². The van der Waals surface area contributed by atoms with E-state index >= 15 is 0 Å². The summed E-state index contributed by atoms with van der Waals surface area (Å²) in [6.07, 6.45) is 5.22. The molecule has 82 valence electrons. The zero-order valence-corrected chi connectivity index (χ0v) is 10.8. The number of H-pyrrole nitrogens is 1. The Balaban J connectivity index is 2.37. The van der Waals surface area contributed by atoms with Crippen LogP contribution in [0.15, 0.2) is 24.3 Å². The van der Waals surface area contributed by atoms with E-state index in [0.717, 1.165) is 24.0 Å². The van der Waals surface area contributed by atoms with Gasteiger partial charge in [0.05, 0.1) is 33.2 Å². The maximum Gasteiger partial charge on any atom is 0.0924 e. The number of rotatable bonds is 4. The third-order valence-electron chi connectivity index (χ3n) is 3.26. The molecule has 2 rings (SSSR count). The van der Waals surface area contributed by atoms with Crippen LogP contribution in [0.4, 0.5) is 0 Å². The molecular formula is C11H16B4N2. The highest BCUT2D eigenvalue weighted by atomic mass is 15.1. The first-order chi connectivity index (χ1) is 8.24. The molecule has 0 spiro atoms. The van der Waals surface area contributed by atoms with E-state index in [-0.39, 0.29) is 0 Å². The lowest BCUT2D eigenvalue weighted by Crippen LogP contribution is -2.26. The van der Waals surface area contributed by atoms with Crippen LogP contribution in [0.2, 0.25) is 0 Å². The summed E-state index contributed by atoms with van der Waals surface area (Å²) < 4.78 is 0. The van der Waals surface area contributed by atoms with E-state index in [1.807, 2.05) is 19.1 Å². The molecule has 0 atom stereocenters. The minimum absolute atomic E-state index is 0.740. The molecule has 1 aromatic carbocycles. The first-order valence-electron chi connectivity index (χ1n) is 6.34. The van der Waals surface area contributed by atoms with Gasteiger partial charge in [0, 0.05) is 12.4 Å². The van der Waals surface area contributed by atoms with Crippen molar-refractivity contribution in [1.82, 2.24) is 10.2 Å². The van der Waals surface area contributed by atoms with Gasteiger partial charge in [-0.3, -0.25) is 5.10 Å². The number of aromatic amines is 1. The summed E-state index contributed by atoms with van der Waals surface area (Å²) in [7, 11) is 5.77. The number of aromatic nitrogens is 2. The molecule has 0 bridgehead atoms. The van der Waals surface area contributed by atoms with Gasteiger partial charge in [0.2, 0.25) is 0 Å². The highest BCUT2D eigenvalue weighted by Gasteiger charge is 2.08. The van der Waals surface area contributed by atoms with Crippen molar-refractivity contribution in [2.45, 2.75) is 13.2 Å². The summed E-state index contributed by atoms with van der Waals surface area (Å²) in [5.41, 5.74) is 3.55. The minimum Gasteiger partial charge on any atom is -0.277 e. The molecule has 6 heteroatoms. The van der Waals surface area contributed by atoms with E-state index in [1.165, 1.54) is 18.0 Å². The van der Waals surface area contributed by atoms with Crippen molar-refractivity contribution in [3.05, 3.63) is 35.5 Å². The van der Waals surface area contributed by atoms with Gasteiger partial charge in [0.25, 0.3) is 0 Å². The molecule has 1 aromatic heterocycles. The molecule has 0 radical (unpaired) electrons. The Hall–Kier alpha value is -1.31. The third kappa shape index (κ3) is 2.68. The van der Waals surface area contributed by atoms with E-state index in [9.17, 15) is 0 Å². The average Bonchev–Trinajstić information content (AvgIpc) is 2.73. The zero-order chi connectivity index (χ0) is 12.3. The standard InChI is InChI=1S/C11H16B4N2/c1-2-3-10-9-6-8(7-15(13)14-12)4-5-11(9)17-16-10/h2-6,14H,7,12-13H2,1H3,(H,16,17)/b3-2+. The Morgan fingerprint density at radius 2 is 2.35 bits per heavy atom. The monoisotopic (exact) mass is 220 g/mol. The van der Waals surface area contributed by atoms with E-state index in [0.29, 0.717) is 0 Å². The Morgan fingerprint density at radius 1 is 1.53 bits per heavy atom. The van der Waals surface area contributed by atoms with Crippen molar-refractivity contribution in [3.8, 4) is 0 Å². The molecule has 2 nitrogen and oxygen atoms in total. The summed E-state index contributed by atoms with van der Waals surface area (Å²) >= 11 is 0. The molecule has 0 unspecified atom stereocenters. The number of nitrogens with one attached hydrogen (secondary N) is 1. The first kappa shape index (κ1) is 12.2. The van der Waals surface area contributed by atoms with Gasteiger partial charge in [-0.25, -0.2) is 0 Å². The van der Waals surface area contributed by atoms with Crippen molar-refractivity contribution in [1.29, 1.82) is 0 Å². The van der Waals surface area contributed by atoms with Gasteiger partial charge in [-0.05, 0) is 25.1 Å². The quantitative estimate of drug-likeness (QED) is 0.708. The van der Waals surface area contributed by atoms with E-state index < -0.39 is 0 Å². The van der Waals surface area contributed by atoms with Crippen LogP contribution in [0.1, 0.15) is 18.2 Å². The van der Waals surface area contributed by atoms with Crippen LogP contribution >= 0.6 is 0 Å². The van der Waals surface area contributed by atoms with Crippen molar-refractivity contribution in [3.63, 3.8) is 0 Å². The van der Waals surface area contributed by atoms with Gasteiger partial charge < -0.3 is 0 Å². The smallest absolute Gasteiger partial charge is 0.0924 e.